The highest BCUT2D eigenvalue weighted by Gasteiger charge is 2.25. The van der Waals surface area contributed by atoms with Crippen molar-refractivity contribution in [2.24, 2.45) is 0 Å². The van der Waals surface area contributed by atoms with Crippen LogP contribution in [-0.4, -0.2) is 47.3 Å². The van der Waals surface area contributed by atoms with Crippen molar-refractivity contribution in [3.63, 3.8) is 0 Å². The minimum Gasteiger partial charge on any atom is -0.482 e. The fourth-order valence-corrected chi connectivity index (χ4v) is 2.95. The van der Waals surface area contributed by atoms with E-state index in [1.165, 1.54) is 0 Å². The molecule has 0 atom stereocenters. The van der Waals surface area contributed by atoms with Gasteiger partial charge in [0.1, 0.15) is 5.75 Å². The van der Waals surface area contributed by atoms with Gasteiger partial charge in [-0.25, -0.2) is 0 Å². The van der Waals surface area contributed by atoms with Crippen molar-refractivity contribution in [2.45, 2.75) is 23.7 Å². The van der Waals surface area contributed by atoms with Gasteiger partial charge in [0.05, 0.1) is 5.02 Å². The van der Waals surface area contributed by atoms with Gasteiger partial charge in [0.2, 0.25) is 0 Å². The molecule has 0 spiro atoms. The number of nitrogens with zero attached hydrogens (tertiary/aromatic N) is 1. The average molecular weight is 414 g/mol. The summed E-state index contributed by atoms with van der Waals surface area (Å²) in [5, 5.41) is 3.60. The number of ether oxygens (including phenoxy) is 1. The van der Waals surface area contributed by atoms with Crippen molar-refractivity contribution < 1.29 is 14.3 Å². The number of halogens is 4. The third kappa shape index (κ3) is 5.59. The topological polar surface area (TPSA) is 58.6 Å². The van der Waals surface area contributed by atoms with Gasteiger partial charge >= 0.3 is 0 Å². The first-order valence-electron chi connectivity index (χ1n) is 7.31. The van der Waals surface area contributed by atoms with Gasteiger partial charge in [-0.05, 0) is 31.0 Å². The fraction of sp³-hybridized carbons (Fsp3) is 0.467. The molecule has 5 nitrogen and oxygen atoms in total. The first-order valence-corrected chi connectivity index (χ1v) is 8.94. The lowest BCUT2D eigenvalue weighted by Crippen LogP contribution is -2.48. The molecule has 1 fully saturated rings. The maximum atomic E-state index is 12.2. The maximum absolute atomic E-state index is 12.2. The molecule has 9 heteroatoms. The molecule has 2 amide bonds. The van der Waals surface area contributed by atoms with Crippen LogP contribution in [0, 0.1) is 0 Å². The zero-order valence-electron chi connectivity index (χ0n) is 12.6. The molecule has 1 saturated heterocycles. The van der Waals surface area contributed by atoms with Crippen LogP contribution < -0.4 is 10.1 Å². The summed E-state index contributed by atoms with van der Waals surface area (Å²) >= 11 is 22.8. The van der Waals surface area contributed by atoms with Crippen LogP contribution in [0.3, 0.4) is 0 Å². The molecule has 1 aromatic carbocycles. The van der Waals surface area contributed by atoms with Crippen LogP contribution in [0.1, 0.15) is 12.8 Å². The van der Waals surface area contributed by atoms with Crippen LogP contribution in [0.5, 0.6) is 5.75 Å². The molecular formula is C15H16Cl4N2O3. The molecule has 132 valence electrons. The molecular weight excluding hydrogens is 398 g/mol. The van der Waals surface area contributed by atoms with E-state index in [1.807, 2.05) is 0 Å². The minimum atomic E-state index is -1.08. The average Bonchev–Trinajstić information content (AvgIpc) is 2.54. The van der Waals surface area contributed by atoms with Gasteiger partial charge in [-0.15, -0.1) is 0 Å². The maximum Gasteiger partial charge on any atom is 0.260 e. The van der Waals surface area contributed by atoms with Gasteiger partial charge in [-0.2, -0.15) is 0 Å². The molecule has 1 aromatic rings. The fourth-order valence-electron chi connectivity index (χ4n) is 2.36. The number of hydrogen-bond donors (Lipinski definition) is 1. The Morgan fingerprint density at radius 3 is 2.50 bits per heavy atom. The van der Waals surface area contributed by atoms with Crippen molar-refractivity contribution >= 4 is 58.2 Å². The number of nitrogens with one attached hydrogen (secondary N) is 1. The third-order valence-electron chi connectivity index (χ3n) is 3.64. The molecule has 2 rings (SSSR count). The molecule has 0 saturated carbocycles. The number of rotatable bonds is 5. The van der Waals surface area contributed by atoms with E-state index in [2.05, 4.69) is 5.32 Å². The van der Waals surface area contributed by atoms with E-state index < -0.39 is 10.7 Å². The highest BCUT2D eigenvalue weighted by molar-refractivity contribution is 6.53. The summed E-state index contributed by atoms with van der Waals surface area (Å²) < 4.78 is 5.44. The summed E-state index contributed by atoms with van der Waals surface area (Å²) in [4.78, 5) is 24.2. The Kier molecular flexibility index (Phi) is 7.29. The third-order valence-corrected chi connectivity index (χ3v) is 4.56. The van der Waals surface area contributed by atoms with E-state index in [4.69, 9.17) is 51.1 Å². The zero-order valence-corrected chi connectivity index (χ0v) is 15.6. The Hall–Kier alpha value is -0.880. The molecule has 0 aromatic heterocycles. The van der Waals surface area contributed by atoms with Gasteiger partial charge in [-0.1, -0.05) is 46.4 Å². The van der Waals surface area contributed by atoms with Crippen molar-refractivity contribution in [2.75, 3.05) is 19.7 Å². The standard InChI is InChI=1S/C15H16Cl4N2O3/c16-9-1-2-12(11(17)7-9)24-8-13(22)21-5-3-10(4-6-21)20-15(23)14(18)19/h1-2,7,10,14H,3-6,8H2,(H,20,23). The van der Waals surface area contributed by atoms with Gasteiger partial charge in [0.25, 0.3) is 11.8 Å². The predicted molar refractivity (Wildman–Crippen MR) is 95.2 cm³/mol. The summed E-state index contributed by atoms with van der Waals surface area (Å²) in [5.74, 6) is -0.144. The Balaban J connectivity index is 1.77. The lowest BCUT2D eigenvalue weighted by atomic mass is 10.1. The highest BCUT2D eigenvalue weighted by atomic mass is 35.5. The van der Waals surface area contributed by atoms with E-state index in [9.17, 15) is 9.59 Å². The number of amides is 2. The van der Waals surface area contributed by atoms with Gasteiger partial charge in [0.15, 0.2) is 11.4 Å². The quantitative estimate of drug-likeness (QED) is 0.753. The summed E-state index contributed by atoms with van der Waals surface area (Å²) in [5.41, 5.74) is 0. The number of piperidine rings is 1. The number of benzene rings is 1. The zero-order chi connectivity index (χ0) is 17.7. The van der Waals surface area contributed by atoms with E-state index in [1.54, 1.807) is 23.1 Å². The molecule has 0 bridgehead atoms. The lowest BCUT2D eigenvalue weighted by molar-refractivity contribution is -0.134. The Morgan fingerprint density at radius 2 is 1.92 bits per heavy atom. The SMILES string of the molecule is O=C(NC1CCN(C(=O)COc2ccc(Cl)cc2Cl)CC1)C(Cl)Cl. The van der Waals surface area contributed by atoms with Crippen LogP contribution in [0.15, 0.2) is 18.2 Å². The monoisotopic (exact) mass is 412 g/mol. The largest absolute Gasteiger partial charge is 0.482 e. The van der Waals surface area contributed by atoms with Crippen molar-refractivity contribution in [3.8, 4) is 5.75 Å². The summed E-state index contributed by atoms with van der Waals surface area (Å²) in [6, 6.07) is 4.78. The lowest BCUT2D eigenvalue weighted by Gasteiger charge is -2.32. The molecule has 1 aliphatic rings. The molecule has 0 radical (unpaired) electrons. The first kappa shape index (κ1) is 19.4. The normalized spacial score (nSPS) is 15.5. The van der Waals surface area contributed by atoms with Gasteiger partial charge in [0, 0.05) is 24.2 Å². The van der Waals surface area contributed by atoms with Crippen LogP contribution >= 0.6 is 46.4 Å². The smallest absolute Gasteiger partial charge is 0.260 e. The molecule has 24 heavy (non-hydrogen) atoms. The van der Waals surface area contributed by atoms with Crippen molar-refractivity contribution in [3.05, 3.63) is 28.2 Å². The van der Waals surface area contributed by atoms with Crippen LogP contribution in [-0.2, 0) is 9.59 Å². The number of alkyl halides is 2. The van der Waals surface area contributed by atoms with Crippen molar-refractivity contribution in [1.82, 2.24) is 10.2 Å². The van der Waals surface area contributed by atoms with Crippen LogP contribution in [0.4, 0.5) is 0 Å². The Bertz CT molecular complexity index is 604. The Labute approximate surface area is 160 Å². The van der Waals surface area contributed by atoms with Gasteiger partial charge < -0.3 is 15.0 Å². The summed E-state index contributed by atoms with van der Waals surface area (Å²) in [7, 11) is 0. The molecule has 1 heterocycles. The summed E-state index contributed by atoms with van der Waals surface area (Å²) in [6.45, 7) is 0.942. The molecule has 1 aliphatic heterocycles. The second-order valence-electron chi connectivity index (χ2n) is 5.33. The highest BCUT2D eigenvalue weighted by Crippen LogP contribution is 2.27. The first-order chi connectivity index (χ1) is 11.4. The van der Waals surface area contributed by atoms with Crippen LogP contribution in [0.25, 0.3) is 0 Å². The van der Waals surface area contributed by atoms with E-state index in [-0.39, 0.29) is 18.6 Å². The van der Waals surface area contributed by atoms with Gasteiger partial charge in [-0.3, -0.25) is 9.59 Å². The number of carbonyl (C=O) groups excluding carboxylic acids is 2. The molecule has 0 unspecified atom stereocenters. The Morgan fingerprint density at radius 1 is 1.25 bits per heavy atom. The molecule has 1 N–H and O–H groups in total. The van der Waals surface area contributed by atoms with E-state index in [0.717, 1.165) is 0 Å². The molecule has 0 aliphatic carbocycles. The predicted octanol–water partition coefficient (Wildman–Crippen LogP) is 3.28. The summed E-state index contributed by atoms with van der Waals surface area (Å²) in [6.07, 6.45) is 1.28. The second-order valence-corrected chi connectivity index (χ2v) is 7.27. The number of carbonyl (C=O) groups is 2. The minimum absolute atomic E-state index is 0.0341. The van der Waals surface area contributed by atoms with Crippen molar-refractivity contribution in [1.29, 1.82) is 0 Å². The second kappa shape index (κ2) is 8.99. The number of likely N-dealkylation sites (tertiary alicyclic amines) is 1. The number of hydrogen-bond acceptors (Lipinski definition) is 3. The van der Waals surface area contributed by atoms with Crippen LogP contribution in [0.2, 0.25) is 10.0 Å². The van der Waals surface area contributed by atoms with E-state index in [0.29, 0.717) is 41.7 Å². The van der Waals surface area contributed by atoms with E-state index >= 15 is 0 Å².